The van der Waals surface area contributed by atoms with E-state index in [1.807, 2.05) is 42.5 Å². The van der Waals surface area contributed by atoms with Gasteiger partial charge in [-0.2, -0.15) is 0 Å². The van der Waals surface area contributed by atoms with Crippen molar-refractivity contribution in [3.63, 3.8) is 0 Å². The smallest absolute Gasteiger partial charge is 0.240 e. The molecule has 0 spiro atoms. The molecular formula is C28H31NO3S. The number of hydrogen-bond acceptors (Lipinski definition) is 3. The van der Waals surface area contributed by atoms with E-state index in [1.54, 1.807) is 12.1 Å². The summed E-state index contributed by atoms with van der Waals surface area (Å²) >= 11 is 0. The predicted octanol–water partition coefficient (Wildman–Crippen LogP) is 5.75. The molecule has 5 atom stereocenters. The van der Waals surface area contributed by atoms with Crippen LogP contribution < -0.4 is 4.72 Å². The monoisotopic (exact) mass is 461 g/mol. The Bertz CT molecular complexity index is 1330. The van der Waals surface area contributed by atoms with Crippen molar-refractivity contribution in [1.29, 1.82) is 0 Å². The molecule has 0 aliphatic heterocycles. The van der Waals surface area contributed by atoms with E-state index in [1.165, 1.54) is 11.1 Å². The van der Waals surface area contributed by atoms with Crippen LogP contribution in [0.1, 0.15) is 56.1 Å². The first kappa shape index (κ1) is 21.2. The van der Waals surface area contributed by atoms with Gasteiger partial charge in [-0.25, -0.2) is 13.1 Å². The van der Waals surface area contributed by atoms with Gasteiger partial charge in [-0.3, -0.25) is 0 Å². The first-order valence-electron chi connectivity index (χ1n) is 12.2. The van der Waals surface area contributed by atoms with Crippen molar-refractivity contribution in [1.82, 2.24) is 4.72 Å². The predicted molar refractivity (Wildman–Crippen MR) is 131 cm³/mol. The summed E-state index contributed by atoms with van der Waals surface area (Å²) in [5.74, 6) is 2.01. The molecule has 3 aliphatic rings. The summed E-state index contributed by atoms with van der Waals surface area (Å²) in [5, 5.41) is 11.9. The summed E-state index contributed by atoms with van der Waals surface area (Å²) in [4.78, 5) is 0.355. The second kappa shape index (κ2) is 7.57. The first-order chi connectivity index (χ1) is 15.8. The number of aromatic hydroxyl groups is 1. The molecule has 2 fully saturated rings. The number of benzene rings is 3. The van der Waals surface area contributed by atoms with Crippen LogP contribution >= 0.6 is 0 Å². The van der Waals surface area contributed by atoms with Crippen LogP contribution in [0, 0.1) is 17.3 Å². The lowest BCUT2D eigenvalue weighted by Gasteiger charge is -2.51. The van der Waals surface area contributed by atoms with Crippen molar-refractivity contribution in [2.75, 3.05) is 0 Å². The van der Waals surface area contributed by atoms with Gasteiger partial charge in [0, 0.05) is 6.04 Å². The molecule has 33 heavy (non-hydrogen) atoms. The number of sulfonamides is 1. The maximum Gasteiger partial charge on any atom is 0.240 e. The lowest BCUT2D eigenvalue weighted by atomic mass is 9.55. The lowest BCUT2D eigenvalue weighted by molar-refractivity contribution is 0.0462. The minimum Gasteiger partial charge on any atom is -0.508 e. The summed E-state index contributed by atoms with van der Waals surface area (Å²) in [6, 6.07) is 19.1. The molecule has 0 heterocycles. The van der Waals surface area contributed by atoms with E-state index >= 15 is 0 Å². The fourth-order valence-electron chi connectivity index (χ4n) is 7.35. The van der Waals surface area contributed by atoms with E-state index in [9.17, 15) is 13.5 Å². The van der Waals surface area contributed by atoms with Crippen molar-refractivity contribution >= 4 is 20.8 Å². The second-order valence-corrected chi connectivity index (χ2v) is 12.3. The van der Waals surface area contributed by atoms with Gasteiger partial charge in [-0.15, -0.1) is 0 Å². The lowest BCUT2D eigenvalue weighted by Crippen LogP contribution is -2.50. The highest BCUT2D eigenvalue weighted by Gasteiger charge is 2.55. The van der Waals surface area contributed by atoms with Crippen LogP contribution in [0.15, 0.2) is 65.6 Å². The Morgan fingerprint density at radius 2 is 1.76 bits per heavy atom. The van der Waals surface area contributed by atoms with Crippen LogP contribution in [0.3, 0.4) is 0 Å². The van der Waals surface area contributed by atoms with E-state index < -0.39 is 10.0 Å². The zero-order valence-electron chi connectivity index (χ0n) is 19.0. The van der Waals surface area contributed by atoms with Crippen molar-refractivity contribution in [2.24, 2.45) is 17.3 Å². The van der Waals surface area contributed by atoms with Crippen molar-refractivity contribution < 1.29 is 13.5 Å². The van der Waals surface area contributed by atoms with E-state index in [-0.39, 0.29) is 11.5 Å². The third-order valence-corrected chi connectivity index (χ3v) is 10.5. The molecule has 0 radical (unpaired) electrons. The molecule has 3 aromatic carbocycles. The Balaban J connectivity index is 1.26. The molecular weight excluding hydrogens is 430 g/mol. The molecule has 6 rings (SSSR count). The van der Waals surface area contributed by atoms with Crippen LogP contribution in [0.2, 0.25) is 0 Å². The standard InChI is InChI=1S/C28H31NO3S/c1-28-15-14-24-23-11-8-21(30)16-20(23)7-10-25(24)26(28)12-13-27(28)29-33(31,32)22-9-6-18-4-2-3-5-19(18)17-22/h2-6,8-9,11,16-17,24-27,29-30H,7,10,12-15H2,1H3/t24?,25?,26?,27-,28-/m0/s1. The third kappa shape index (κ3) is 3.39. The maximum atomic E-state index is 13.4. The van der Waals surface area contributed by atoms with Crippen LogP contribution in [-0.4, -0.2) is 19.6 Å². The first-order valence-corrected chi connectivity index (χ1v) is 13.7. The van der Waals surface area contributed by atoms with E-state index in [0.717, 1.165) is 49.3 Å². The summed E-state index contributed by atoms with van der Waals surface area (Å²) in [5.41, 5.74) is 2.69. The quantitative estimate of drug-likeness (QED) is 0.522. The SMILES string of the molecule is C[C@]12CCC3c4ccc(O)cc4CCC3C1CC[C@@H]2NS(=O)(=O)c1ccc2ccccc2c1. The summed E-state index contributed by atoms with van der Waals surface area (Å²) in [6.45, 7) is 2.32. The van der Waals surface area contributed by atoms with Gasteiger partial charge in [0.25, 0.3) is 0 Å². The molecule has 0 bridgehead atoms. The van der Waals surface area contributed by atoms with Crippen LogP contribution in [0.4, 0.5) is 0 Å². The molecule has 3 unspecified atom stereocenters. The topological polar surface area (TPSA) is 66.4 Å². The highest BCUT2D eigenvalue weighted by Crippen LogP contribution is 2.61. The molecule has 0 aromatic heterocycles. The van der Waals surface area contributed by atoms with Crippen molar-refractivity contribution in [3.05, 3.63) is 71.8 Å². The highest BCUT2D eigenvalue weighted by atomic mass is 32.2. The normalized spacial score (nSPS) is 31.1. The molecule has 2 N–H and O–H groups in total. The summed E-state index contributed by atoms with van der Waals surface area (Å²) in [6.07, 6.45) is 6.24. The third-order valence-electron chi connectivity index (χ3n) is 9.04. The fourth-order valence-corrected chi connectivity index (χ4v) is 8.78. The Morgan fingerprint density at radius 1 is 0.939 bits per heavy atom. The molecule has 172 valence electrons. The van der Waals surface area contributed by atoms with Crippen LogP contribution in [-0.2, 0) is 16.4 Å². The van der Waals surface area contributed by atoms with Gasteiger partial charge in [-0.05, 0) is 108 Å². The molecule has 0 amide bonds. The van der Waals surface area contributed by atoms with E-state index in [4.69, 9.17) is 0 Å². The van der Waals surface area contributed by atoms with Gasteiger partial charge < -0.3 is 5.11 Å². The largest absolute Gasteiger partial charge is 0.508 e. The minimum absolute atomic E-state index is 0.0144. The van der Waals surface area contributed by atoms with Crippen LogP contribution in [0.25, 0.3) is 10.8 Å². The van der Waals surface area contributed by atoms with Gasteiger partial charge in [0.1, 0.15) is 5.75 Å². The van der Waals surface area contributed by atoms with Crippen molar-refractivity contribution in [2.45, 2.75) is 62.3 Å². The number of fused-ring (bicyclic) bond motifs is 6. The summed E-state index contributed by atoms with van der Waals surface area (Å²) in [7, 11) is -3.58. The van der Waals surface area contributed by atoms with Gasteiger partial charge >= 0.3 is 0 Å². The van der Waals surface area contributed by atoms with Gasteiger partial charge in [0.05, 0.1) is 4.90 Å². The minimum atomic E-state index is -3.58. The Morgan fingerprint density at radius 3 is 2.61 bits per heavy atom. The molecule has 2 saturated carbocycles. The second-order valence-electron chi connectivity index (χ2n) is 10.6. The highest BCUT2D eigenvalue weighted by molar-refractivity contribution is 7.89. The molecule has 0 saturated heterocycles. The zero-order chi connectivity index (χ0) is 22.8. The van der Waals surface area contributed by atoms with Gasteiger partial charge in [-0.1, -0.05) is 43.3 Å². The van der Waals surface area contributed by atoms with Crippen molar-refractivity contribution in [3.8, 4) is 5.75 Å². The number of rotatable bonds is 3. The molecule has 3 aromatic rings. The maximum absolute atomic E-state index is 13.4. The Labute approximate surface area is 196 Å². The average Bonchev–Trinajstić information content (AvgIpc) is 3.14. The number of hydrogen-bond donors (Lipinski definition) is 2. The molecule has 4 nitrogen and oxygen atoms in total. The number of nitrogens with one attached hydrogen (secondary N) is 1. The Kier molecular flexibility index (Phi) is 4.86. The number of phenols is 1. The van der Waals surface area contributed by atoms with Gasteiger partial charge in [0.2, 0.25) is 10.0 Å². The molecule has 3 aliphatic carbocycles. The van der Waals surface area contributed by atoms with Gasteiger partial charge in [0.15, 0.2) is 0 Å². The zero-order valence-corrected chi connectivity index (χ0v) is 19.8. The molecule has 5 heteroatoms. The van der Waals surface area contributed by atoms with E-state index in [2.05, 4.69) is 17.7 Å². The Hall–Kier alpha value is -2.37. The number of phenolic OH excluding ortho intramolecular Hbond substituents is 1. The fraction of sp³-hybridized carbons (Fsp3) is 0.429. The van der Waals surface area contributed by atoms with E-state index in [0.29, 0.717) is 28.4 Å². The average molecular weight is 462 g/mol. The van der Waals surface area contributed by atoms with Crippen LogP contribution in [0.5, 0.6) is 5.75 Å². The number of aryl methyl sites for hydroxylation is 1. The summed E-state index contributed by atoms with van der Waals surface area (Å²) < 4.78 is 29.9.